The largest absolute Gasteiger partial charge is 0.378 e. The Hall–Kier alpha value is -1.81. The number of hydrogen-bond acceptors (Lipinski definition) is 4. The highest BCUT2D eigenvalue weighted by molar-refractivity contribution is 14.0. The van der Waals surface area contributed by atoms with Gasteiger partial charge in [0.2, 0.25) is 0 Å². The molecule has 2 aromatic rings. The summed E-state index contributed by atoms with van der Waals surface area (Å²) in [6, 6.07) is 10.6. The van der Waals surface area contributed by atoms with Crippen molar-refractivity contribution in [2.75, 3.05) is 44.8 Å². The van der Waals surface area contributed by atoms with Crippen LogP contribution < -0.4 is 15.5 Å². The molecular weight excluding hydrogens is 455 g/mol. The molecular formula is C19H29IN6O. The molecule has 2 N–H and O–H groups in total. The fraction of sp³-hybridized carbons (Fsp3) is 0.474. The van der Waals surface area contributed by atoms with E-state index in [1.807, 2.05) is 16.9 Å². The third kappa shape index (κ3) is 7.02. The molecule has 8 heteroatoms. The normalized spacial score (nSPS) is 14.6. The van der Waals surface area contributed by atoms with E-state index < -0.39 is 0 Å². The Morgan fingerprint density at radius 2 is 1.96 bits per heavy atom. The van der Waals surface area contributed by atoms with Crippen molar-refractivity contribution in [1.82, 2.24) is 20.4 Å². The first-order chi connectivity index (χ1) is 12.8. The number of guanidine groups is 1. The molecule has 1 aliphatic rings. The second-order valence-corrected chi connectivity index (χ2v) is 6.24. The topological polar surface area (TPSA) is 66.7 Å². The molecule has 1 aliphatic heterocycles. The number of aliphatic imine (C=N–C) groups is 1. The van der Waals surface area contributed by atoms with Crippen LogP contribution in [0, 0.1) is 0 Å². The molecule has 0 radical (unpaired) electrons. The second-order valence-electron chi connectivity index (χ2n) is 6.24. The van der Waals surface area contributed by atoms with E-state index in [1.165, 1.54) is 11.3 Å². The molecule has 0 saturated carbocycles. The van der Waals surface area contributed by atoms with E-state index in [0.717, 1.165) is 58.3 Å². The van der Waals surface area contributed by atoms with E-state index >= 15 is 0 Å². The number of aryl methyl sites for hydroxylation is 1. The number of nitrogens with one attached hydrogen (secondary N) is 2. The highest BCUT2D eigenvalue weighted by Gasteiger charge is 2.10. The summed E-state index contributed by atoms with van der Waals surface area (Å²) in [5, 5.41) is 10.9. The van der Waals surface area contributed by atoms with Gasteiger partial charge in [-0.1, -0.05) is 12.1 Å². The van der Waals surface area contributed by atoms with E-state index in [9.17, 15) is 0 Å². The van der Waals surface area contributed by atoms with Crippen LogP contribution in [0.1, 0.15) is 12.0 Å². The van der Waals surface area contributed by atoms with Crippen LogP contribution in [0.4, 0.5) is 5.69 Å². The lowest BCUT2D eigenvalue weighted by Crippen LogP contribution is -2.37. The number of hydrogen-bond donors (Lipinski definition) is 2. The van der Waals surface area contributed by atoms with Crippen LogP contribution in [0.5, 0.6) is 0 Å². The first-order valence-electron chi connectivity index (χ1n) is 9.19. The third-order valence-corrected chi connectivity index (χ3v) is 4.41. The van der Waals surface area contributed by atoms with E-state index in [2.05, 4.69) is 49.9 Å². The van der Waals surface area contributed by atoms with E-state index in [0.29, 0.717) is 0 Å². The van der Waals surface area contributed by atoms with Gasteiger partial charge in [0.25, 0.3) is 0 Å². The number of aromatic nitrogens is 2. The van der Waals surface area contributed by atoms with Gasteiger partial charge in [-0.2, -0.15) is 5.10 Å². The summed E-state index contributed by atoms with van der Waals surface area (Å²) in [5.74, 6) is 0.822. The molecule has 1 fully saturated rings. The van der Waals surface area contributed by atoms with Gasteiger partial charge in [0.15, 0.2) is 5.96 Å². The molecule has 1 aromatic carbocycles. The van der Waals surface area contributed by atoms with Gasteiger partial charge in [0.05, 0.1) is 13.2 Å². The second kappa shape index (κ2) is 11.8. The summed E-state index contributed by atoms with van der Waals surface area (Å²) >= 11 is 0. The molecule has 0 atom stereocenters. The Bertz CT molecular complexity index is 668. The molecule has 0 amide bonds. The van der Waals surface area contributed by atoms with Gasteiger partial charge in [0, 0.05) is 57.9 Å². The van der Waals surface area contributed by atoms with Crippen molar-refractivity contribution in [3.05, 3.63) is 48.3 Å². The molecule has 0 unspecified atom stereocenters. The smallest absolute Gasteiger partial charge is 0.191 e. The predicted molar refractivity (Wildman–Crippen MR) is 120 cm³/mol. The minimum absolute atomic E-state index is 0. The maximum absolute atomic E-state index is 5.41. The number of ether oxygens (including phenoxy) is 1. The Morgan fingerprint density at radius 3 is 2.63 bits per heavy atom. The highest BCUT2D eigenvalue weighted by Crippen LogP contribution is 2.16. The molecule has 1 aromatic heterocycles. The van der Waals surface area contributed by atoms with Gasteiger partial charge >= 0.3 is 0 Å². The maximum atomic E-state index is 5.41. The quantitative estimate of drug-likeness (QED) is 0.273. The van der Waals surface area contributed by atoms with Crippen molar-refractivity contribution < 1.29 is 4.74 Å². The van der Waals surface area contributed by atoms with Gasteiger partial charge in [-0.15, -0.1) is 24.0 Å². The summed E-state index contributed by atoms with van der Waals surface area (Å²) in [5.41, 5.74) is 2.50. The zero-order valence-corrected chi connectivity index (χ0v) is 18.1. The summed E-state index contributed by atoms with van der Waals surface area (Å²) in [6.07, 6.45) is 4.78. The molecule has 27 heavy (non-hydrogen) atoms. The van der Waals surface area contributed by atoms with Gasteiger partial charge in [-0.25, -0.2) is 0 Å². The lowest BCUT2D eigenvalue weighted by molar-refractivity contribution is 0.122. The van der Waals surface area contributed by atoms with Gasteiger partial charge < -0.3 is 20.3 Å². The Morgan fingerprint density at radius 1 is 1.19 bits per heavy atom. The van der Waals surface area contributed by atoms with E-state index in [1.54, 1.807) is 13.2 Å². The molecule has 2 heterocycles. The SMILES string of the molecule is CN=C(NCCCn1cccn1)NCc1ccc(N2CCOCC2)cc1.I. The van der Waals surface area contributed by atoms with Crippen LogP contribution in [0.15, 0.2) is 47.7 Å². The van der Waals surface area contributed by atoms with Crippen molar-refractivity contribution in [3.63, 3.8) is 0 Å². The van der Waals surface area contributed by atoms with Gasteiger partial charge in [0.1, 0.15) is 0 Å². The van der Waals surface area contributed by atoms with Gasteiger partial charge in [-0.05, 0) is 30.2 Å². The zero-order valence-electron chi connectivity index (χ0n) is 15.8. The highest BCUT2D eigenvalue weighted by atomic mass is 127. The Balaban J connectivity index is 0.00000261. The van der Waals surface area contributed by atoms with Crippen LogP contribution >= 0.6 is 24.0 Å². The monoisotopic (exact) mass is 484 g/mol. The van der Waals surface area contributed by atoms with Crippen molar-refractivity contribution in [1.29, 1.82) is 0 Å². The average molecular weight is 484 g/mol. The van der Waals surface area contributed by atoms with Crippen molar-refractivity contribution in [2.24, 2.45) is 4.99 Å². The molecule has 1 saturated heterocycles. The summed E-state index contributed by atoms with van der Waals surface area (Å²) in [7, 11) is 1.80. The molecule has 0 bridgehead atoms. The average Bonchev–Trinajstić information content (AvgIpc) is 3.22. The molecule has 0 spiro atoms. The lowest BCUT2D eigenvalue weighted by atomic mass is 10.2. The first kappa shape index (κ1) is 21.5. The Kier molecular flexibility index (Phi) is 9.40. The fourth-order valence-electron chi connectivity index (χ4n) is 2.93. The number of halogens is 1. The van der Waals surface area contributed by atoms with Crippen molar-refractivity contribution in [3.8, 4) is 0 Å². The van der Waals surface area contributed by atoms with Crippen molar-refractivity contribution >= 4 is 35.6 Å². The molecule has 7 nitrogen and oxygen atoms in total. The third-order valence-electron chi connectivity index (χ3n) is 4.41. The first-order valence-corrected chi connectivity index (χ1v) is 9.19. The van der Waals surface area contributed by atoms with Crippen LogP contribution in [0.25, 0.3) is 0 Å². The maximum Gasteiger partial charge on any atom is 0.191 e. The number of benzene rings is 1. The zero-order chi connectivity index (χ0) is 18.0. The van der Waals surface area contributed by atoms with Crippen LogP contribution in [0.2, 0.25) is 0 Å². The minimum Gasteiger partial charge on any atom is -0.378 e. The number of morpholine rings is 1. The number of rotatable bonds is 7. The van der Waals surface area contributed by atoms with Gasteiger partial charge in [-0.3, -0.25) is 9.67 Å². The summed E-state index contributed by atoms with van der Waals surface area (Å²) in [6.45, 7) is 6.06. The Labute approximate surface area is 178 Å². The summed E-state index contributed by atoms with van der Waals surface area (Å²) < 4.78 is 7.35. The molecule has 148 valence electrons. The fourth-order valence-corrected chi connectivity index (χ4v) is 2.93. The molecule has 0 aliphatic carbocycles. The van der Waals surface area contributed by atoms with Crippen LogP contribution in [-0.4, -0.2) is 55.6 Å². The number of anilines is 1. The standard InChI is InChI=1S/C19H28N6O.HI/c1-20-19(21-8-2-10-25-11-3-9-23-25)22-16-17-4-6-18(7-5-17)24-12-14-26-15-13-24;/h3-7,9,11H,2,8,10,12-16H2,1H3,(H2,20,21,22);1H. The van der Waals surface area contributed by atoms with Crippen LogP contribution in [-0.2, 0) is 17.8 Å². The summed E-state index contributed by atoms with van der Waals surface area (Å²) in [4.78, 5) is 6.64. The predicted octanol–water partition coefficient (Wildman–Crippen LogP) is 2.09. The number of nitrogens with zero attached hydrogens (tertiary/aromatic N) is 4. The molecule has 3 rings (SSSR count). The van der Waals surface area contributed by atoms with Crippen molar-refractivity contribution in [2.45, 2.75) is 19.5 Å². The lowest BCUT2D eigenvalue weighted by Gasteiger charge is -2.28. The van der Waals surface area contributed by atoms with E-state index in [4.69, 9.17) is 4.74 Å². The van der Waals surface area contributed by atoms with E-state index in [-0.39, 0.29) is 24.0 Å². The van der Waals surface area contributed by atoms with Crippen LogP contribution in [0.3, 0.4) is 0 Å². The minimum atomic E-state index is 0.